The summed E-state index contributed by atoms with van der Waals surface area (Å²) in [6.45, 7) is 2.89. The number of piperazine rings is 1. The van der Waals surface area contributed by atoms with Crippen molar-refractivity contribution < 1.29 is 18.0 Å². The van der Waals surface area contributed by atoms with Gasteiger partial charge in [0.25, 0.3) is 11.8 Å². The number of amides is 2. The Morgan fingerprint density at radius 2 is 1.81 bits per heavy atom. The van der Waals surface area contributed by atoms with Crippen molar-refractivity contribution in [3.63, 3.8) is 0 Å². The predicted octanol–water partition coefficient (Wildman–Crippen LogP) is -0.272. The first-order valence-electron chi connectivity index (χ1n) is 8.69. The maximum absolute atomic E-state index is 12.7. The lowest BCUT2D eigenvalue weighted by Crippen LogP contribution is -2.47. The predicted molar refractivity (Wildman–Crippen MR) is 96.8 cm³/mol. The van der Waals surface area contributed by atoms with Crippen LogP contribution in [0.3, 0.4) is 0 Å². The van der Waals surface area contributed by atoms with Gasteiger partial charge < -0.3 is 14.7 Å². The SMILES string of the molecule is CN1CCN(C(=O)c2cccc(C(=O)N(C)C3CCS(=O)(=O)C3)n2)CC1. The number of nitrogens with zero attached hydrogens (tertiary/aromatic N) is 4. The van der Waals surface area contributed by atoms with E-state index < -0.39 is 9.84 Å². The van der Waals surface area contributed by atoms with E-state index >= 15 is 0 Å². The molecular weight excluding hydrogens is 356 g/mol. The highest BCUT2D eigenvalue weighted by atomic mass is 32.2. The van der Waals surface area contributed by atoms with Gasteiger partial charge in [-0.25, -0.2) is 13.4 Å². The first-order chi connectivity index (χ1) is 12.3. The van der Waals surface area contributed by atoms with Crippen molar-refractivity contribution >= 4 is 21.7 Å². The molecule has 0 aromatic carbocycles. The third kappa shape index (κ3) is 4.04. The molecule has 1 atom stereocenters. The van der Waals surface area contributed by atoms with Gasteiger partial charge in [-0.1, -0.05) is 6.07 Å². The molecule has 9 heteroatoms. The van der Waals surface area contributed by atoms with Crippen LogP contribution in [0, 0.1) is 0 Å². The van der Waals surface area contributed by atoms with Crippen LogP contribution in [0.25, 0.3) is 0 Å². The van der Waals surface area contributed by atoms with E-state index in [1.54, 1.807) is 30.1 Å². The highest BCUT2D eigenvalue weighted by molar-refractivity contribution is 7.91. The second kappa shape index (κ2) is 7.32. The Kier molecular flexibility index (Phi) is 5.29. The summed E-state index contributed by atoms with van der Waals surface area (Å²) in [7, 11) is 0.524. The van der Waals surface area contributed by atoms with E-state index in [1.165, 1.54) is 4.90 Å². The third-order valence-corrected chi connectivity index (χ3v) is 6.80. The minimum absolute atomic E-state index is 0.0187. The van der Waals surface area contributed by atoms with Crippen molar-refractivity contribution in [2.24, 2.45) is 0 Å². The number of aromatic nitrogens is 1. The van der Waals surface area contributed by atoms with E-state index in [-0.39, 0.29) is 40.7 Å². The molecule has 0 saturated carbocycles. The van der Waals surface area contributed by atoms with Gasteiger partial charge >= 0.3 is 0 Å². The summed E-state index contributed by atoms with van der Waals surface area (Å²) in [5.74, 6) is -0.459. The fraction of sp³-hybridized carbons (Fsp3) is 0.588. The molecule has 0 spiro atoms. The van der Waals surface area contributed by atoms with E-state index in [0.29, 0.717) is 19.5 Å². The molecule has 0 aliphatic carbocycles. The summed E-state index contributed by atoms with van der Waals surface area (Å²) in [5.41, 5.74) is 0.407. The monoisotopic (exact) mass is 380 g/mol. The maximum Gasteiger partial charge on any atom is 0.272 e. The number of carbonyl (C=O) groups excluding carboxylic acids is 2. The Labute approximate surface area is 153 Å². The quantitative estimate of drug-likeness (QED) is 0.717. The number of hydrogen-bond acceptors (Lipinski definition) is 6. The average Bonchev–Trinajstić information content (AvgIpc) is 3.00. The van der Waals surface area contributed by atoms with Gasteiger partial charge in [-0.3, -0.25) is 9.59 Å². The van der Waals surface area contributed by atoms with E-state index in [1.807, 2.05) is 7.05 Å². The standard InChI is InChI=1S/C17H24N4O4S/c1-19-7-9-21(10-8-19)17(23)15-5-3-4-14(18-15)16(22)20(2)13-6-11-26(24,25)12-13/h3-5,13H,6-12H2,1-2H3. The van der Waals surface area contributed by atoms with Crippen LogP contribution in [-0.4, -0.2) is 97.7 Å². The lowest BCUT2D eigenvalue weighted by molar-refractivity contribution is 0.0657. The summed E-state index contributed by atoms with van der Waals surface area (Å²) in [5, 5.41) is 0. The van der Waals surface area contributed by atoms with Crippen LogP contribution >= 0.6 is 0 Å². The molecule has 2 aliphatic heterocycles. The number of sulfone groups is 1. The number of pyridine rings is 1. The Bertz CT molecular complexity index is 803. The molecule has 3 heterocycles. The van der Waals surface area contributed by atoms with Crippen LogP contribution in [0.2, 0.25) is 0 Å². The first kappa shape index (κ1) is 18.8. The largest absolute Gasteiger partial charge is 0.336 e. The van der Waals surface area contributed by atoms with Gasteiger partial charge in [-0.05, 0) is 25.6 Å². The van der Waals surface area contributed by atoms with Crippen LogP contribution in [0.15, 0.2) is 18.2 Å². The molecule has 1 aromatic heterocycles. The number of hydrogen-bond donors (Lipinski definition) is 0. The normalized spacial score (nSPS) is 23.0. The molecule has 1 unspecified atom stereocenters. The highest BCUT2D eigenvalue weighted by Crippen LogP contribution is 2.18. The molecule has 2 aliphatic rings. The number of rotatable bonds is 3. The lowest BCUT2D eigenvalue weighted by atomic mass is 10.2. The van der Waals surface area contributed by atoms with Gasteiger partial charge in [0.05, 0.1) is 11.5 Å². The Hall–Kier alpha value is -2.00. The van der Waals surface area contributed by atoms with E-state index in [4.69, 9.17) is 0 Å². The molecule has 3 rings (SSSR count). The summed E-state index contributed by atoms with van der Waals surface area (Å²) < 4.78 is 23.3. The van der Waals surface area contributed by atoms with Crippen LogP contribution in [-0.2, 0) is 9.84 Å². The Balaban J connectivity index is 1.72. The molecule has 142 valence electrons. The van der Waals surface area contributed by atoms with Gasteiger partial charge in [-0.2, -0.15) is 0 Å². The summed E-state index contributed by atoms with van der Waals surface area (Å²) in [6.07, 6.45) is 0.435. The molecule has 8 nitrogen and oxygen atoms in total. The van der Waals surface area contributed by atoms with E-state index in [9.17, 15) is 18.0 Å². The van der Waals surface area contributed by atoms with E-state index in [0.717, 1.165) is 13.1 Å². The molecule has 2 saturated heterocycles. The van der Waals surface area contributed by atoms with Gasteiger partial charge in [-0.15, -0.1) is 0 Å². The van der Waals surface area contributed by atoms with Crippen molar-refractivity contribution in [1.29, 1.82) is 0 Å². The fourth-order valence-electron chi connectivity index (χ4n) is 3.27. The number of carbonyl (C=O) groups is 2. The van der Waals surface area contributed by atoms with Gasteiger partial charge in [0.2, 0.25) is 0 Å². The first-order valence-corrected chi connectivity index (χ1v) is 10.5. The van der Waals surface area contributed by atoms with Crippen LogP contribution in [0.1, 0.15) is 27.4 Å². The zero-order valence-electron chi connectivity index (χ0n) is 15.1. The van der Waals surface area contributed by atoms with Gasteiger partial charge in [0.15, 0.2) is 9.84 Å². The molecule has 1 aromatic rings. The zero-order valence-corrected chi connectivity index (χ0v) is 15.9. The van der Waals surface area contributed by atoms with Crippen molar-refractivity contribution in [3.05, 3.63) is 29.6 Å². The fourth-order valence-corrected chi connectivity index (χ4v) is 5.05. The summed E-state index contributed by atoms with van der Waals surface area (Å²) in [4.78, 5) is 34.9. The van der Waals surface area contributed by atoms with Crippen molar-refractivity contribution in [2.45, 2.75) is 12.5 Å². The highest BCUT2D eigenvalue weighted by Gasteiger charge is 2.33. The number of likely N-dealkylation sites (N-methyl/N-ethyl adjacent to an activating group) is 1. The summed E-state index contributed by atoms with van der Waals surface area (Å²) in [6, 6.07) is 4.47. The van der Waals surface area contributed by atoms with Crippen LogP contribution < -0.4 is 0 Å². The summed E-state index contributed by atoms with van der Waals surface area (Å²) >= 11 is 0. The van der Waals surface area contributed by atoms with Crippen molar-refractivity contribution in [3.8, 4) is 0 Å². The average molecular weight is 380 g/mol. The van der Waals surface area contributed by atoms with Crippen molar-refractivity contribution in [1.82, 2.24) is 19.7 Å². The van der Waals surface area contributed by atoms with Gasteiger partial charge in [0, 0.05) is 39.3 Å². The zero-order chi connectivity index (χ0) is 18.9. The third-order valence-electron chi connectivity index (χ3n) is 5.05. The lowest BCUT2D eigenvalue weighted by Gasteiger charge is -2.32. The Morgan fingerprint density at radius 1 is 1.15 bits per heavy atom. The van der Waals surface area contributed by atoms with Crippen LogP contribution in [0.5, 0.6) is 0 Å². The molecule has 2 fully saturated rings. The minimum Gasteiger partial charge on any atom is -0.336 e. The minimum atomic E-state index is -3.08. The molecular formula is C17H24N4O4S. The molecule has 2 amide bonds. The molecule has 0 N–H and O–H groups in total. The second-order valence-corrected chi connectivity index (χ2v) is 9.21. The smallest absolute Gasteiger partial charge is 0.272 e. The van der Waals surface area contributed by atoms with Crippen LogP contribution in [0.4, 0.5) is 0 Å². The molecule has 0 bridgehead atoms. The molecule has 26 heavy (non-hydrogen) atoms. The molecule has 0 radical (unpaired) electrons. The second-order valence-electron chi connectivity index (χ2n) is 6.98. The van der Waals surface area contributed by atoms with Gasteiger partial charge in [0.1, 0.15) is 11.4 Å². The maximum atomic E-state index is 12.7. The van der Waals surface area contributed by atoms with E-state index in [2.05, 4.69) is 9.88 Å². The topological polar surface area (TPSA) is 90.9 Å². The van der Waals surface area contributed by atoms with Crippen molar-refractivity contribution in [2.75, 3.05) is 51.8 Å². The Morgan fingerprint density at radius 3 is 2.42 bits per heavy atom.